The highest BCUT2D eigenvalue weighted by Crippen LogP contribution is 2.22. The van der Waals surface area contributed by atoms with E-state index in [4.69, 9.17) is 14.6 Å². The number of oxime groups is 1. The molecular formula is C26H32N4O2. The molecule has 0 aromatic carbocycles. The van der Waals surface area contributed by atoms with Crippen molar-refractivity contribution in [3.8, 4) is 17.1 Å². The van der Waals surface area contributed by atoms with E-state index in [9.17, 15) is 0 Å². The summed E-state index contributed by atoms with van der Waals surface area (Å²) in [7, 11) is 0. The number of ether oxygens (including phenoxy) is 1. The molecule has 6 nitrogen and oxygen atoms in total. The number of nitrogens with zero attached hydrogens (tertiary/aromatic N) is 4. The predicted molar refractivity (Wildman–Crippen MR) is 128 cm³/mol. The molecule has 3 aromatic rings. The van der Waals surface area contributed by atoms with Gasteiger partial charge in [0.25, 0.3) is 0 Å². The number of aryl methyl sites for hydroxylation is 4. The van der Waals surface area contributed by atoms with Crippen LogP contribution in [0, 0.1) is 20.8 Å². The molecule has 0 saturated carbocycles. The lowest BCUT2D eigenvalue weighted by atomic mass is 10.1. The molecule has 0 N–H and O–H groups in total. The molecular weight excluding hydrogens is 400 g/mol. The first-order valence-electron chi connectivity index (χ1n) is 11.1. The maximum absolute atomic E-state index is 5.78. The summed E-state index contributed by atoms with van der Waals surface area (Å²) in [5.41, 5.74) is 7.38. The van der Waals surface area contributed by atoms with E-state index in [2.05, 4.69) is 29.0 Å². The Morgan fingerprint density at radius 1 is 0.906 bits per heavy atom. The highest BCUT2D eigenvalue weighted by molar-refractivity contribution is 5.96. The highest BCUT2D eigenvalue weighted by atomic mass is 16.6. The Bertz CT molecular complexity index is 1060. The molecule has 0 amide bonds. The zero-order valence-corrected chi connectivity index (χ0v) is 19.7. The molecule has 0 saturated heterocycles. The average Bonchev–Trinajstić information content (AvgIpc) is 2.76. The third kappa shape index (κ3) is 6.87. The van der Waals surface area contributed by atoms with E-state index in [1.165, 1.54) is 5.56 Å². The maximum Gasteiger partial charge on any atom is 0.123 e. The largest absolute Gasteiger partial charge is 0.493 e. The molecule has 32 heavy (non-hydrogen) atoms. The lowest BCUT2D eigenvalue weighted by molar-refractivity contribution is 0.141. The summed E-state index contributed by atoms with van der Waals surface area (Å²) in [6.07, 6.45) is 2.59. The van der Waals surface area contributed by atoms with Crippen LogP contribution in [0.1, 0.15) is 55.0 Å². The van der Waals surface area contributed by atoms with Gasteiger partial charge in [0.2, 0.25) is 0 Å². The maximum atomic E-state index is 5.78. The molecule has 0 atom stereocenters. The first kappa shape index (κ1) is 23.4. The van der Waals surface area contributed by atoms with E-state index in [1.807, 2.05) is 63.2 Å². The van der Waals surface area contributed by atoms with E-state index >= 15 is 0 Å². The first-order chi connectivity index (χ1) is 15.4. The van der Waals surface area contributed by atoms with Crippen molar-refractivity contribution in [1.29, 1.82) is 0 Å². The number of aromatic nitrogens is 3. The van der Waals surface area contributed by atoms with Crippen LogP contribution in [0.5, 0.6) is 5.75 Å². The Morgan fingerprint density at radius 2 is 1.72 bits per heavy atom. The van der Waals surface area contributed by atoms with Gasteiger partial charge in [0.15, 0.2) is 0 Å². The van der Waals surface area contributed by atoms with Gasteiger partial charge in [-0.05, 0) is 76.8 Å². The lowest BCUT2D eigenvalue weighted by Gasteiger charge is -2.09. The summed E-state index contributed by atoms with van der Waals surface area (Å²) in [4.78, 5) is 19.5. The fraction of sp³-hybridized carbons (Fsp3) is 0.385. The van der Waals surface area contributed by atoms with Gasteiger partial charge in [-0.2, -0.15) is 0 Å². The summed E-state index contributed by atoms with van der Waals surface area (Å²) in [6.45, 7) is 11.2. The van der Waals surface area contributed by atoms with E-state index in [0.29, 0.717) is 13.2 Å². The second-order valence-corrected chi connectivity index (χ2v) is 7.98. The second kappa shape index (κ2) is 11.4. The summed E-state index contributed by atoms with van der Waals surface area (Å²) < 4.78 is 5.78. The molecule has 0 unspecified atom stereocenters. The van der Waals surface area contributed by atoms with E-state index in [0.717, 1.165) is 64.9 Å². The van der Waals surface area contributed by atoms with Crippen molar-refractivity contribution >= 4 is 5.71 Å². The van der Waals surface area contributed by atoms with Crippen molar-refractivity contribution < 1.29 is 9.57 Å². The van der Waals surface area contributed by atoms with Crippen LogP contribution in [-0.4, -0.2) is 33.9 Å². The van der Waals surface area contributed by atoms with Crippen molar-refractivity contribution in [2.45, 2.75) is 53.9 Å². The molecule has 3 rings (SSSR count). The zero-order chi connectivity index (χ0) is 22.9. The average molecular weight is 433 g/mol. The molecule has 3 aromatic heterocycles. The van der Waals surface area contributed by atoms with Crippen LogP contribution in [0.4, 0.5) is 0 Å². The molecule has 168 valence electrons. The van der Waals surface area contributed by atoms with Crippen LogP contribution in [0.25, 0.3) is 11.4 Å². The Labute approximate surface area is 190 Å². The molecule has 0 aliphatic heterocycles. The number of hydrogen-bond acceptors (Lipinski definition) is 6. The van der Waals surface area contributed by atoms with Crippen LogP contribution < -0.4 is 4.74 Å². The third-order valence-corrected chi connectivity index (χ3v) is 4.81. The van der Waals surface area contributed by atoms with Gasteiger partial charge in [0.1, 0.15) is 18.1 Å². The number of hydrogen-bond donors (Lipinski definition) is 0. The summed E-state index contributed by atoms with van der Waals surface area (Å²) in [6, 6.07) is 14.0. The molecule has 0 bridgehead atoms. The van der Waals surface area contributed by atoms with Gasteiger partial charge in [-0.25, -0.2) is 0 Å². The van der Waals surface area contributed by atoms with Gasteiger partial charge in [-0.1, -0.05) is 18.1 Å². The Hall–Kier alpha value is -3.28. The van der Waals surface area contributed by atoms with Crippen LogP contribution in [0.2, 0.25) is 0 Å². The van der Waals surface area contributed by atoms with E-state index in [-0.39, 0.29) is 0 Å². The summed E-state index contributed by atoms with van der Waals surface area (Å²) in [5, 5.41) is 4.23. The fourth-order valence-electron chi connectivity index (χ4n) is 3.37. The van der Waals surface area contributed by atoms with E-state index < -0.39 is 0 Å². The fourth-order valence-corrected chi connectivity index (χ4v) is 3.37. The van der Waals surface area contributed by atoms with Crippen LogP contribution in [0.15, 0.2) is 47.6 Å². The van der Waals surface area contributed by atoms with Gasteiger partial charge in [-0.15, -0.1) is 0 Å². The van der Waals surface area contributed by atoms with Crippen LogP contribution in [-0.2, 0) is 11.3 Å². The minimum Gasteiger partial charge on any atom is -0.493 e. The first-order valence-corrected chi connectivity index (χ1v) is 11.1. The van der Waals surface area contributed by atoms with Crippen molar-refractivity contribution in [2.24, 2.45) is 5.16 Å². The number of rotatable bonds is 10. The minimum atomic E-state index is 0.520. The third-order valence-electron chi connectivity index (χ3n) is 4.81. The Kier molecular flexibility index (Phi) is 8.31. The predicted octanol–water partition coefficient (Wildman–Crippen LogP) is 5.63. The Balaban J connectivity index is 1.57. The Morgan fingerprint density at radius 3 is 2.50 bits per heavy atom. The quantitative estimate of drug-likeness (QED) is 0.236. The van der Waals surface area contributed by atoms with Gasteiger partial charge in [0.05, 0.1) is 23.7 Å². The zero-order valence-electron chi connectivity index (χ0n) is 19.7. The second-order valence-electron chi connectivity index (χ2n) is 7.98. The lowest BCUT2D eigenvalue weighted by Crippen LogP contribution is -2.03. The van der Waals surface area contributed by atoms with Crippen molar-refractivity contribution in [2.75, 3.05) is 13.2 Å². The number of pyridine rings is 3. The van der Waals surface area contributed by atoms with Gasteiger partial charge in [-0.3, -0.25) is 15.0 Å². The van der Waals surface area contributed by atoms with Crippen molar-refractivity contribution in [3.63, 3.8) is 0 Å². The SMILES string of the molecule is CCCOc1cc(C)nc(-c2cccc(CCCO/N=C(\C)c3cc(C)cc(C)n3)n2)c1. The molecule has 0 radical (unpaired) electrons. The van der Waals surface area contributed by atoms with Gasteiger partial charge in [0, 0.05) is 29.2 Å². The van der Waals surface area contributed by atoms with Crippen molar-refractivity contribution in [3.05, 3.63) is 70.8 Å². The highest BCUT2D eigenvalue weighted by Gasteiger charge is 2.07. The minimum absolute atomic E-state index is 0.520. The molecule has 6 heteroatoms. The normalized spacial score (nSPS) is 11.5. The molecule has 0 fully saturated rings. The smallest absolute Gasteiger partial charge is 0.123 e. The van der Waals surface area contributed by atoms with Crippen molar-refractivity contribution in [1.82, 2.24) is 15.0 Å². The molecule has 0 aliphatic carbocycles. The van der Waals surface area contributed by atoms with Gasteiger partial charge < -0.3 is 9.57 Å². The summed E-state index contributed by atoms with van der Waals surface area (Å²) >= 11 is 0. The molecule has 0 spiro atoms. The monoisotopic (exact) mass is 432 g/mol. The molecule has 0 aliphatic rings. The van der Waals surface area contributed by atoms with E-state index in [1.54, 1.807) is 0 Å². The standard InChI is InChI=1S/C26H32N4O2/c1-6-12-31-23-16-20(4)28-26(17-23)24-11-7-9-22(29-24)10-8-13-32-30-21(5)25-15-18(2)14-19(3)27-25/h7,9,11,14-17H,6,8,10,12-13H2,1-5H3/b30-21+. The summed E-state index contributed by atoms with van der Waals surface area (Å²) in [5.74, 6) is 0.835. The van der Waals surface area contributed by atoms with Crippen LogP contribution in [0.3, 0.4) is 0 Å². The molecule has 3 heterocycles. The van der Waals surface area contributed by atoms with Crippen LogP contribution >= 0.6 is 0 Å². The topological polar surface area (TPSA) is 69.5 Å². The van der Waals surface area contributed by atoms with Gasteiger partial charge >= 0.3 is 0 Å².